The first kappa shape index (κ1) is 30.7. The van der Waals surface area contributed by atoms with E-state index in [1.54, 1.807) is 11.8 Å². The smallest absolute Gasteiger partial charge is 0.406 e. The molecule has 1 aliphatic carbocycles. The van der Waals surface area contributed by atoms with Gasteiger partial charge in [-0.15, -0.1) is 18.3 Å². The standard InChI is InChI=1S/C33H33F3N6O2S/c1-20(2)29-21(3)6-4-7-28(29)41-16-5-17-45-32(41)39-31(43)38-27-18-26(27)22-8-10-23(11-9-22)30-37-19-42(40-30)24-12-14-25(15-13-24)44-33(34,35)36/h4,6-15,19-20,26-27H,5,16-18H2,1-3H3,(H,38,43)/b39-32-. The number of thioether (sulfide) groups is 1. The van der Waals surface area contributed by atoms with Crippen molar-refractivity contribution in [2.45, 2.75) is 57.9 Å². The molecule has 0 radical (unpaired) electrons. The molecule has 2 amide bonds. The molecule has 2 aliphatic rings. The van der Waals surface area contributed by atoms with Crippen LogP contribution < -0.4 is 15.0 Å². The first-order valence-electron chi connectivity index (χ1n) is 14.8. The lowest BCUT2D eigenvalue weighted by molar-refractivity contribution is -0.274. The second-order valence-electron chi connectivity index (χ2n) is 11.5. The van der Waals surface area contributed by atoms with Gasteiger partial charge in [-0.2, -0.15) is 4.99 Å². The molecule has 4 aromatic rings. The topological polar surface area (TPSA) is 84.6 Å². The lowest BCUT2D eigenvalue weighted by atomic mass is 9.95. The lowest BCUT2D eigenvalue weighted by Crippen LogP contribution is -2.37. The van der Waals surface area contributed by atoms with E-state index >= 15 is 0 Å². The highest BCUT2D eigenvalue weighted by molar-refractivity contribution is 8.14. The largest absolute Gasteiger partial charge is 0.573 e. The van der Waals surface area contributed by atoms with E-state index in [0.717, 1.165) is 47.1 Å². The number of hydrogen-bond donors (Lipinski definition) is 1. The number of rotatable bonds is 7. The van der Waals surface area contributed by atoms with Gasteiger partial charge in [-0.25, -0.2) is 14.5 Å². The van der Waals surface area contributed by atoms with Crippen molar-refractivity contribution in [1.82, 2.24) is 20.1 Å². The molecular weight excluding hydrogens is 601 g/mol. The molecular formula is C33H33F3N6O2S. The van der Waals surface area contributed by atoms with E-state index in [-0.39, 0.29) is 23.7 Å². The average Bonchev–Trinajstić information content (AvgIpc) is 3.58. The van der Waals surface area contributed by atoms with Gasteiger partial charge < -0.3 is 15.0 Å². The molecule has 2 unspecified atom stereocenters. The van der Waals surface area contributed by atoms with Crippen LogP contribution in [0, 0.1) is 6.92 Å². The van der Waals surface area contributed by atoms with Crippen molar-refractivity contribution in [3.05, 3.63) is 89.7 Å². The summed E-state index contributed by atoms with van der Waals surface area (Å²) in [6.45, 7) is 7.35. The number of amidine groups is 1. The molecule has 2 atom stereocenters. The molecule has 6 rings (SSSR count). The van der Waals surface area contributed by atoms with E-state index in [2.05, 4.69) is 69.0 Å². The maximum absolute atomic E-state index is 13.0. The number of urea groups is 1. The zero-order valence-corrected chi connectivity index (χ0v) is 25.9. The number of carbonyl (C=O) groups excluding carboxylic acids is 1. The molecule has 8 nitrogen and oxygen atoms in total. The summed E-state index contributed by atoms with van der Waals surface area (Å²) < 4.78 is 42.7. The van der Waals surface area contributed by atoms with Gasteiger partial charge >= 0.3 is 12.4 Å². The number of aliphatic imine (C=N–C) groups is 1. The maximum Gasteiger partial charge on any atom is 0.573 e. The van der Waals surface area contributed by atoms with Crippen LogP contribution in [-0.4, -0.2) is 50.7 Å². The minimum atomic E-state index is -4.75. The quantitative estimate of drug-likeness (QED) is 0.223. The molecule has 2 fully saturated rings. The van der Waals surface area contributed by atoms with Crippen LogP contribution in [0.2, 0.25) is 0 Å². The fraction of sp³-hybridized carbons (Fsp3) is 0.333. The van der Waals surface area contributed by atoms with E-state index < -0.39 is 6.36 Å². The van der Waals surface area contributed by atoms with Gasteiger partial charge in [0.15, 0.2) is 11.0 Å². The number of carbonyl (C=O) groups is 1. The van der Waals surface area contributed by atoms with Crippen molar-refractivity contribution in [3.63, 3.8) is 0 Å². The van der Waals surface area contributed by atoms with Gasteiger partial charge in [0.2, 0.25) is 0 Å². The van der Waals surface area contributed by atoms with E-state index in [0.29, 0.717) is 17.4 Å². The van der Waals surface area contributed by atoms with Crippen molar-refractivity contribution >= 4 is 28.6 Å². The van der Waals surface area contributed by atoms with Crippen LogP contribution >= 0.6 is 11.8 Å². The van der Waals surface area contributed by atoms with Crippen LogP contribution in [0.5, 0.6) is 5.75 Å². The summed E-state index contributed by atoms with van der Waals surface area (Å²) in [6, 6.07) is 19.3. The van der Waals surface area contributed by atoms with Crippen LogP contribution in [0.15, 0.2) is 78.0 Å². The minimum absolute atomic E-state index is 0.0153. The van der Waals surface area contributed by atoms with Gasteiger partial charge in [0, 0.05) is 35.5 Å². The molecule has 0 spiro atoms. The number of amides is 2. The number of anilines is 1. The van der Waals surface area contributed by atoms with Gasteiger partial charge in [-0.1, -0.05) is 62.0 Å². The Morgan fingerprint density at radius 1 is 1.09 bits per heavy atom. The first-order chi connectivity index (χ1) is 21.6. The number of halogens is 3. The third-order valence-corrected chi connectivity index (χ3v) is 8.94. The third-order valence-electron chi connectivity index (χ3n) is 7.88. The van der Waals surface area contributed by atoms with Crippen molar-refractivity contribution in [2.75, 3.05) is 17.2 Å². The normalized spacial score (nSPS) is 19.2. The predicted molar refractivity (Wildman–Crippen MR) is 170 cm³/mol. The highest BCUT2D eigenvalue weighted by atomic mass is 32.2. The van der Waals surface area contributed by atoms with Crippen molar-refractivity contribution in [3.8, 4) is 22.8 Å². The highest BCUT2D eigenvalue weighted by Crippen LogP contribution is 2.41. The lowest BCUT2D eigenvalue weighted by Gasteiger charge is -2.32. The Morgan fingerprint density at radius 3 is 2.56 bits per heavy atom. The number of ether oxygens (including phenoxy) is 1. The molecule has 3 aromatic carbocycles. The van der Waals surface area contributed by atoms with Crippen molar-refractivity contribution < 1.29 is 22.7 Å². The molecule has 1 saturated heterocycles. The zero-order valence-electron chi connectivity index (χ0n) is 25.1. The summed E-state index contributed by atoms with van der Waals surface area (Å²) >= 11 is 1.62. The number of alkyl halides is 3. The Labute approximate surface area is 263 Å². The molecule has 234 valence electrons. The average molecular weight is 635 g/mol. The van der Waals surface area contributed by atoms with Crippen LogP contribution in [0.3, 0.4) is 0 Å². The number of benzene rings is 3. The van der Waals surface area contributed by atoms with Crippen molar-refractivity contribution in [1.29, 1.82) is 0 Å². The van der Waals surface area contributed by atoms with Crippen molar-refractivity contribution in [2.24, 2.45) is 4.99 Å². The molecule has 12 heteroatoms. The summed E-state index contributed by atoms with van der Waals surface area (Å²) in [6.07, 6.45) is -1.38. The van der Waals surface area contributed by atoms with E-state index in [4.69, 9.17) is 0 Å². The van der Waals surface area contributed by atoms with E-state index in [1.807, 2.05) is 24.3 Å². The first-order valence-corrected chi connectivity index (χ1v) is 15.8. The Morgan fingerprint density at radius 2 is 1.84 bits per heavy atom. The summed E-state index contributed by atoms with van der Waals surface area (Å²) in [7, 11) is 0. The van der Waals surface area contributed by atoms with Crippen LogP contribution in [0.25, 0.3) is 17.1 Å². The van der Waals surface area contributed by atoms with Gasteiger partial charge in [-0.05, 0) is 72.7 Å². The predicted octanol–water partition coefficient (Wildman–Crippen LogP) is 7.83. The SMILES string of the molecule is Cc1cccc(N2CCCS/C2=N\C(=O)NC2CC2c2ccc(-c3ncn(-c4ccc(OC(F)(F)F)cc4)n3)cc2)c1C(C)C. The number of aryl methyl sites for hydroxylation is 1. The summed E-state index contributed by atoms with van der Waals surface area (Å²) in [4.78, 5) is 24.1. The second-order valence-corrected chi connectivity index (χ2v) is 12.5. The second kappa shape index (κ2) is 12.6. The summed E-state index contributed by atoms with van der Waals surface area (Å²) in [5.41, 5.74) is 6.11. The van der Waals surface area contributed by atoms with Crippen LogP contribution in [0.4, 0.5) is 23.7 Å². The van der Waals surface area contributed by atoms with Gasteiger partial charge in [0.1, 0.15) is 12.1 Å². The molecule has 0 bridgehead atoms. The number of hydrogen-bond acceptors (Lipinski definition) is 5. The van der Waals surface area contributed by atoms with E-state index in [9.17, 15) is 18.0 Å². The van der Waals surface area contributed by atoms with Crippen LogP contribution in [-0.2, 0) is 0 Å². The number of aromatic nitrogens is 3. The summed E-state index contributed by atoms with van der Waals surface area (Å²) in [5.74, 6) is 1.67. The molecule has 1 saturated carbocycles. The Kier molecular flexibility index (Phi) is 8.59. The van der Waals surface area contributed by atoms with Gasteiger partial charge in [0.25, 0.3) is 0 Å². The minimum Gasteiger partial charge on any atom is -0.406 e. The van der Waals surface area contributed by atoms with Crippen LogP contribution in [0.1, 0.15) is 55.2 Å². The fourth-order valence-electron chi connectivity index (χ4n) is 5.73. The Hall–Kier alpha value is -4.32. The Balaban J connectivity index is 1.08. The fourth-order valence-corrected chi connectivity index (χ4v) is 6.68. The molecule has 1 N–H and O–H groups in total. The van der Waals surface area contributed by atoms with Gasteiger partial charge in [-0.3, -0.25) is 0 Å². The molecule has 1 aromatic heterocycles. The van der Waals surface area contributed by atoms with Gasteiger partial charge in [0.05, 0.1) is 5.69 Å². The van der Waals surface area contributed by atoms with E-state index in [1.165, 1.54) is 46.4 Å². The highest BCUT2D eigenvalue weighted by Gasteiger charge is 2.40. The molecule has 1 aliphatic heterocycles. The monoisotopic (exact) mass is 634 g/mol. The third kappa shape index (κ3) is 7.16. The Bertz CT molecular complexity index is 1700. The molecule has 2 heterocycles. The molecule has 45 heavy (non-hydrogen) atoms. The zero-order chi connectivity index (χ0) is 31.7. The number of nitrogens with zero attached hydrogens (tertiary/aromatic N) is 5. The number of nitrogens with one attached hydrogen (secondary N) is 1. The maximum atomic E-state index is 13.0. The summed E-state index contributed by atoms with van der Waals surface area (Å²) in [5, 5.41) is 8.30.